The van der Waals surface area contributed by atoms with Crippen LogP contribution in [0.2, 0.25) is 0 Å². The molecule has 0 amide bonds. The fourth-order valence-corrected chi connectivity index (χ4v) is 2.12. The van der Waals surface area contributed by atoms with Crippen molar-refractivity contribution in [2.45, 2.75) is 20.0 Å². The summed E-state index contributed by atoms with van der Waals surface area (Å²) in [7, 11) is 1.80. The summed E-state index contributed by atoms with van der Waals surface area (Å²) in [4.78, 5) is 1.76. The topological polar surface area (TPSA) is 23.5 Å². The quantitative estimate of drug-likeness (QED) is 0.902. The van der Waals surface area contributed by atoms with Gasteiger partial charge in [-0.1, -0.05) is 29.8 Å². The smallest absolute Gasteiger partial charge is 0.147 e. The Morgan fingerprint density at radius 1 is 1.11 bits per heavy atom. The summed E-state index contributed by atoms with van der Waals surface area (Å²) in [5, 5.41) is 9.78. The third-order valence-electron chi connectivity index (χ3n) is 3.22. The zero-order valence-electron chi connectivity index (χ0n) is 11.4. The molecule has 2 aromatic rings. The van der Waals surface area contributed by atoms with Crippen LogP contribution in [0.4, 0.5) is 15.8 Å². The predicted octanol–water partition coefficient (Wildman–Crippen LogP) is 3.96. The molecule has 0 spiro atoms. The summed E-state index contributed by atoms with van der Waals surface area (Å²) in [6.07, 6.45) is -0.710. The lowest BCUT2D eigenvalue weighted by Gasteiger charge is -2.24. The highest BCUT2D eigenvalue weighted by molar-refractivity contribution is 5.67. The summed E-state index contributed by atoms with van der Waals surface area (Å²) in [5.41, 5.74) is 3.04. The van der Waals surface area contributed by atoms with Gasteiger partial charge in [-0.15, -0.1) is 0 Å². The van der Waals surface area contributed by atoms with Gasteiger partial charge in [-0.2, -0.15) is 0 Å². The zero-order valence-corrected chi connectivity index (χ0v) is 11.4. The maximum absolute atomic E-state index is 14.1. The molecule has 2 rings (SSSR count). The van der Waals surface area contributed by atoms with Gasteiger partial charge < -0.3 is 10.0 Å². The highest BCUT2D eigenvalue weighted by Gasteiger charge is 2.17. The first kappa shape index (κ1) is 13.6. The number of para-hydroxylation sites is 1. The molecule has 0 heterocycles. The number of aryl methyl sites for hydroxylation is 1. The predicted molar refractivity (Wildman–Crippen MR) is 76.3 cm³/mol. The minimum absolute atomic E-state index is 0.332. The summed E-state index contributed by atoms with van der Waals surface area (Å²) in [5.74, 6) is -0.332. The van der Waals surface area contributed by atoms with Gasteiger partial charge in [-0.05, 0) is 32.0 Å². The molecule has 0 fully saturated rings. The van der Waals surface area contributed by atoms with Crippen molar-refractivity contribution in [2.24, 2.45) is 0 Å². The van der Waals surface area contributed by atoms with E-state index in [1.165, 1.54) is 6.07 Å². The fourth-order valence-electron chi connectivity index (χ4n) is 2.12. The number of aliphatic hydroxyl groups excluding tert-OH is 1. The first-order valence-electron chi connectivity index (χ1n) is 6.27. The van der Waals surface area contributed by atoms with Gasteiger partial charge in [0.25, 0.3) is 0 Å². The molecule has 0 aromatic heterocycles. The van der Waals surface area contributed by atoms with E-state index in [0.717, 1.165) is 11.3 Å². The number of aliphatic hydroxyl groups is 1. The van der Waals surface area contributed by atoms with E-state index >= 15 is 0 Å². The average molecular weight is 259 g/mol. The van der Waals surface area contributed by atoms with Gasteiger partial charge in [-0.25, -0.2) is 4.39 Å². The van der Waals surface area contributed by atoms with Gasteiger partial charge in [0.1, 0.15) is 5.82 Å². The first-order valence-corrected chi connectivity index (χ1v) is 6.27. The number of benzene rings is 2. The van der Waals surface area contributed by atoms with Gasteiger partial charge in [0.05, 0.1) is 11.8 Å². The highest BCUT2D eigenvalue weighted by Crippen LogP contribution is 2.33. The minimum Gasteiger partial charge on any atom is -0.389 e. The molecular formula is C16H18FNO. The Morgan fingerprint density at radius 3 is 2.32 bits per heavy atom. The summed E-state index contributed by atoms with van der Waals surface area (Å²) < 4.78 is 14.1. The number of rotatable bonds is 3. The molecule has 1 atom stereocenters. The van der Waals surface area contributed by atoms with Gasteiger partial charge in [-0.3, -0.25) is 0 Å². The van der Waals surface area contributed by atoms with E-state index in [-0.39, 0.29) is 5.82 Å². The van der Waals surface area contributed by atoms with Crippen molar-refractivity contribution < 1.29 is 9.50 Å². The van der Waals surface area contributed by atoms with Gasteiger partial charge in [0, 0.05) is 18.3 Å². The van der Waals surface area contributed by atoms with Crippen LogP contribution in [0, 0.1) is 12.7 Å². The Morgan fingerprint density at radius 2 is 1.74 bits per heavy atom. The van der Waals surface area contributed by atoms with Crippen LogP contribution in [-0.4, -0.2) is 12.2 Å². The Kier molecular flexibility index (Phi) is 3.86. The van der Waals surface area contributed by atoms with Crippen molar-refractivity contribution in [2.75, 3.05) is 11.9 Å². The molecule has 2 aromatic carbocycles. The second-order valence-electron chi connectivity index (χ2n) is 4.75. The number of nitrogens with zero attached hydrogens (tertiary/aromatic N) is 1. The molecule has 100 valence electrons. The molecule has 3 heteroatoms. The molecule has 0 aliphatic heterocycles. The van der Waals surface area contributed by atoms with Crippen LogP contribution in [0.1, 0.15) is 24.2 Å². The van der Waals surface area contributed by atoms with Gasteiger partial charge in [0.15, 0.2) is 0 Å². The lowest BCUT2D eigenvalue weighted by atomic mass is 10.1. The van der Waals surface area contributed by atoms with Crippen LogP contribution >= 0.6 is 0 Å². The van der Waals surface area contributed by atoms with Crippen molar-refractivity contribution in [3.8, 4) is 0 Å². The Bertz CT molecular complexity index is 563. The fraction of sp³-hybridized carbons (Fsp3) is 0.250. The van der Waals surface area contributed by atoms with E-state index in [2.05, 4.69) is 0 Å². The Labute approximate surface area is 113 Å². The van der Waals surface area contributed by atoms with E-state index in [1.54, 1.807) is 31.0 Å². The monoisotopic (exact) mass is 259 g/mol. The maximum atomic E-state index is 14.1. The molecule has 1 N–H and O–H groups in total. The van der Waals surface area contributed by atoms with E-state index in [1.807, 2.05) is 31.2 Å². The Balaban J connectivity index is 2.49. The largest absolute Gasteiger partial charge is 0.389 e. The summed E-state index contributed by atoms with van der Waals surface area (Å²) >= 11 is 0. The second kappa shape index (κ2) is 5.41. The lowest BCUT2D eigenvalue weighted by molar-refractivity contribution is 0.199. The van der Waals surface area contributed by atoms with Crippen molar-refractivity contribution in [1.82, 2.24) is 0 Å². The number of halogens is 1. The zero-order chi connectivity index (χ0) is 14.0. The van der Waals surface area contributed by atoms with Crippen LogP contribution in [0.3, 0.4) is 0 Å². The SMILES string of the molecule is Cc1ccc(N(C)c2c(F)cccc2[C@@H](C)O)cc1. The third kappa shape index (κ3) is 2.76. The molecule has 2 nitrogen and oxygen atoms in total. The molecule has 0 saturated heterocycles. The van der Waals surface area contributed by atoms with Crippen LogP contribution < -0.4 is 4.90 Å². The average Bonchev–Trinajstić information content (AvgIpc) is 2.38. The summed E-state index contributed by atoms with van der Waals surface area (Å²) in [6.45, 7) is 3.65. The highest BCUT2D eigenvalue weighted by atomic mass is 19.1. The van der Waals surface area contributed by atoms with Crippen molar-refractivity contribution in [3.05, 3.63) is 59.4 Å². The molecule has 0 aliphatic carbocycles. The van der Waals surface area contributed by atoms with Crippen LogP contribution in [0.15, 0.2) is 42.5 Å². The molecule has 0 radical (unpaired) electrons. The van der Waals surface area contributed by atoms with Crippen molar-refractivity contribution >= 4 is 11.4 Å². The van der Waals surface area contributed by atoms with Gasteiger partial charge in [0.2, 0.25) is 0 Å². The number of hydrogen-bond acceptors (Lipinski definition) is 2. The molecule has 0 aliphatic rings. The third-order valence-corrected chi connectivity index (χ3v) is 3.22. The maximum Gasteiger partial charge on any atom is 0.147 e. The minimum atomic E-state index is -0.710. The molecule has 0 saturated carbocycles. The first-order chi connectivity index (χ1) is 9.00. The van der Waals surface area contributed by atoms with E-state index in [4.69, 9.17) is 0 Å². The molecule has 0 bridgehead atoms. The summed E-state index contributed by atoms with van der Waals surface area (Å²) in [6, 6.07) is 12.6. The normalized spacial score (nSPS) is 12.3. The second-order valence-corrected chi connectivity index (χ2v) is 4.75. The van der Waals surface area contributed by atoms with E-state index in [0.29, 0.717) is 11.3 Å². The Hall–Kier alpha value is -1.87. The van der Waals surface area contributed by atoms with E-state index in [9.17, 15) is 9.50 Å². The van der Waals surface area contributed by atoms with Gasteiger partial charge >= 0.3 is 0 Å². The lowest BCUT2D eigenvalue weighted by Crippen LogP contribution is -2.14. The number of hydrogen-bond donors (Lipinski definition) is 1. The number of anilines is 2. The van der Waals surface area contributed by atoms with Crippen molar-refractivity contribution in [3.63, 3.8) is 0 Å². The van der Waals surface area contributed by atoms with Crippen LogP contribution in [0.25, 0.3) is 0 Å². The van der Waals surface area contributed by atoms with Crippen molar-refractivity contribution in [1.29, 1.82) is 0 Å². The standard InChI is InChI=1S/C16H18FNO/c1-11-7-9-13(10-8-11)18(3)16-14(12(2)19)5-4-6-15(16)17/h4-10,12,19H,1-3H3/t12-/m1/s1. The van der Waals surface area contributed by atoms with E-state index < -0.39 is 6.10 Å². The molecular weight excluding hydrogens is 241 g/mol. The van der Waals surface area contributed by atoms with Crippen LogP contribution in [0.5, 0.6) is 0 Å². The molecule has 0 unspecified atom stereocenters. The van der Waals surface area contributed by atoms with Crippen LogP contribution in [-0.2, 0) is 0 Å². The molecule has 19 heavy (non-hydrogen) atoms.